The number of hydrogen-bond donors (Lipinski definition) is 1. The molecule has 1 heterocycles. The largest absolute Gasteiger partial charge is 0.343 e. The van der Waals surface area contributed by atoms with E-state index in [9.17, 15) is 18.4 Å². The van der Waals surface area contributed by atoms with Crippen LogP contribution in [0.5, 0.6) is 0 Å². The molecule has 6 heteroatoms. The van der Waals surface area contributed by atoms with Crippen LogP contribution in [-0.2, 0) is 16.1 Å². The fraction of sp³-hybridized carbons (Fsp3) is 0.385. The Kier molecular flexibility index (Phi) is 3.50. The molecule has 1 aromatic rings. The molecule has 1 N–H and O–H groups in total. The number of rotatable bonds is 2. The third-order valence-corrected chi connectivity index (χ3v) is 3.25. The van der Waals surface area contributed by atoms with Crippen molar-refractivity contribution in [2.45, 2.75) is 32.5 Å². The number of amides is 2. The topological polar surface area (TPSA) is 49.4 Å². The maximum absolute atomic E-state index is 13.6. The standard InChI is InChI=1S/C13H14F2N2O2/c1-7-13(19)17(8(2)12(18)16-7)6-9-10(14)4-3-5-11(9)15/h3-5,7-8H,6H2,1-2H3,(H,16,18). The summed E-state index contributed by atoms with van der Waals surface area (Å²) in [5.41, 5.74) is -0.204. The van der Waals surface area contributed by atoms with E-state index in [4.69, 9.17) is 0 Å². The van der Waals surface area contributed by atoms with Crippen molar-refractivity contribution in [3.05, 3.63) is 35.4 Å². The van der Waals surface area contributed by atoms with Crippen LogP contribution in [0.4, 0.5) is 8.78 Å². The lowest BCUT2D eigenvalue weighted by atomic mass is 10.1. The Bertz CT molecular complexity index is 513. The Morgan fingerprint density at radius 1 is 1.21 bits per heavy atom. The minimum Gasteiger partial charge on any atom is -0.343 e. The van der Waals surface area contributed by atoms with Gasteiger partial charge in [-0.25, -0.2) is 8.78 Å². The van der Waals surface area contributed by atoms with Gasteiger partial charge >= 0.3 is 0 Å². The quantitative estimate of drug-likeness (QED) is 0.876. The van der Waals surface area contributed by atoms with Gasteiger partial charge < -0.3 is 10.2 Å². The number of carbonyl (C=O) groups excluding carboxylic acids is 2. The molecule has 1 aliphatic rings. The zero-order valence-corrected chi connectivity index (χ0v) is 10.6. The van der Waals surface area contributed by atoms with Crippen LogP contribution in [0.3, 0.4) is 0 Å². The van der Waals surface area contributed by atoms with Crippen molar-refractivity contribution in [3.8, 4) is 0 Å². The van der Waals surface area contributed by atoms with Crippen LogP contribution in [0.25, 0.3) is 0 Å². The molecule has 102 valence electrons. The number of nitrogens with one attached hydrogen (secondary N) is 1. The second-order valence-corrected chi connectivity index (χ2v) is 4.57. The zero-order valence-electron chi connectivity index (χ0n) is 10.6. The summed E-state index contributed by atoms with van der Waals surface area (Å²) < 4.78 is 27.2. The third-order valence-electron chi connectivity index (χ3n) is 3.25. The van der Waals surface area contributed by atoms with E-state index in [-0.39, 0.29) is 23.9 Å². The highest BCUT2D eigenvalue weighted by Crippen LogP contribution is 2.19. The van der Waals surface area contributed by atoms with E-state index in [1.807, 2.05) is 0 Å². The second kappa shape index (κ2) is 4.95. The number of nitrogens with zero attached hydrogens (tertiary/aromatic N) is 1. The van der Waals surface area contributed by atoms with Gasteiger partial charge in [-0.2, -0.15) is 0 Å². The molecule has 19 heavy (non-hydrogen) atoms. The zero-order chi connectivity index (χ0) is 14.2. The number of carbonyl (C=O) groups is 2. The van der Waals surface area contributed by atoms with Crippen LogP contribution in [0.2, 0.25) is 0 Å². The average molecular weight is 268 g/mol. The summed E-state index contributed by atoms with van der Waals surface area (Å²) in [6, 6.07) is 2.08. The third kappa shape index (κ3) is 2.43. The van der Waals surface area contributed by atoms with Crippen molar-refractivity contribution >= 4 is 11.8 Å². The minimum absolute atomic E-state index is 0.204. The number of piperazine rings is 1. The van der Waals surface area contributed by atoms with Gasteiger partial charge in [0, 0.05) is 5.56 Å². The van der Waals surface area contributed by atoms with Gasteiger partial charge in [-0.05, 0) is 26.0 Å². The summed E-state index contributed by atoms with van der Waals surface area (Å²) in [6.45, 7) is 2.81. The molecule has 1 fully saturated rings. The lowest BCUT2D eigenvalue weighted by Gasteiger charge is -2.36. The van der Waals surface area contributed by atoms with Gasteiger partial charge in [0.25, 0.3) is 0 Å². The van der Waals surface area contributed by atoms with Crippen molar-refractivity contribution in [1.82, 2.24) is 10.2 Å². The maximum Gasteiger partial charge on any atom is 0.245 e. The Morgan fingerprint density at radius 3 is 2.37 bits per heavy atom. The van der Waals surface area contributed by atoms with Crippen LogP contribution in [0.15, 0.2) is 18.2 Å². The van der Waals surface area contributed by atoms with Crippen molar-refractivity contribution in [2.75, 3.05) is 0 Å². The molecule has 0 bridgehead atoms. The molecule has 0 spiro atoms. The van der Waals surface area contributed by atoms with Crippen molar-refractivity contribution in [1.29, 1.82) is 0 Å². The van der Waals surface area contributed by atoms with E-state index in [0.29, 0.717) is 0 Å². The summed E-state index contributed by atoms with van der Waals surface area (Å²) in [6.07, 6.45) is 0. The van der Waals surface area contributed by atoms with E-state index < -0.39 is 23.7 Å². The van der Waals surface area contributed by atoms with Gasteiger partial charge in [-0.3, -0.25) is 9.59 Å². The molecule has 1 saturated heterocycles. The SMILES string of the molecule is CC1NC(=O)C(C)N(Cc2c(F)cccc2F)C1=O. The molecule has 0 saturated carbocycles. The number of benzene rings is 1. The molecule has 0 aliphatic carbocycles. The summed E-state index contributed by atoms with van der Waals surface area (Å²) in [4.78, 5) is 24.8. The van der Waals surface area contributed by atoms with Crippen LogP contribution < -0.4 is 5.32 Å². The summed E-state index contributed by atoms with van der Waals surface area (Å²) in [7, 11) is 0. The first-order chi connectivity index (χ1) is 8.91. The predicted molar refractivity (Wildman–Crippen MR) is 64.0 cm³/mol. The Labute approximate surface area is 109 Å². The molecular formula is C13H14F2N2O2. The fourth-order valence-electron chi connectivity index (χ4n) is 2.05. The highest BCUT2D eigenvalue weighted by Gasteiger charge is 2.36. The number of halogens is 2. The molecule has 0 aromatic heterocycles. The van der Waals surface area contributed by atoms with Crippen LogP contribution in [0.1, 0.15) is 19.4 Å². The van der Waals surface area contributed by atoms with E-state index >= 15 is 0 Å². The molecule has 1 aliphatic heterocycles. The first kappa shape index (κ1) is 13.5. The summed E-state index contributed by atoms with van der Waals surface area (Å²) in [5, 5.41) is 2.51. The van der Waals surface area contributed by atoms with Crippen LogP contribution in [-0.4, -0.2) is 28.8 Å². The number of hydrogen-bond acceptors (Lipinski definition) is 2. The molecule has 2 rings (SSSR count). The van der Waals surface area contributed by atoms with Gasteiger partial charge in [-0.1, -0.05) is 6.07 Å². The molecule has 1 aromatic carbocycles. The Morgan fingerprint density at radius 2 is 1.79 bits per heavy atom. The lowest BCUT2D eigenvalue weighted by Crippen LogP contribution is -2.61. The first-order valence-electron chi connectivity index (χ1n) is 5.95. The normalized spacial score (nSPS) is 23.5. The monoisotopic (exact) mass is 268 g/mol. The van der Waals surface area contributed by atoms with Crippen molar-refractivity contribution in [2.24, 2.45) is 0 Å². The first-order valence-corrected chi connectivity index (χ1v) is 5.95. The smallest absolute Gasteiger partial charge is 0.245 e. The van der Waals surface area contributed by atoms with Crippen LogP contribution >= 0.6 is 0 Å². The van der Waals surface area contributed by atoms with E-state index in [2.05, 4.69) is 5.32 Å². The molecule has 2 amide bonds. The second-order valence-electron chi connectivity index (χ2n) is 4.57. The predicted octanol–water partition coefficient (Wildman–Crippen LogP) is 1.20. The van der Waals surface area contributed by atoms with E-state index in [1.165, 1.54) is 24.8 Å². The van der Waals surface area contributed by atoms with E-state index in [0.717, 1.165) is 12.1 Å². The Balaban J connectivity index is 2.30. The maximum atomic E-state index is 13.6. The van der Waals surface area contributed by atoms with Gasteiger partial charge in [0.05, 0.1) is 6.54 Å². The molecule has 2 unspecified atom stereocenters. The van der Waals surface area contributed by atoms with Crippen molar-refractivity contribution < 1.29 is 18.4 Å². The molecule has 4 nitrogen and oxygen atoms in total. The summed E-state index contributed by atoms with van der Waals surface area (Å²) in [5.74, 6) is -2.13. The molecule has 0 radical (unpaired) electrons. The van der Waals surface area contributed by atoms with Gasteiger partial charge in [0.1, 0.15) is 23.7 Å². The van der Waals surface area contributed by atoms with Crippen LogP contribution in [0, 0.1) is 11.6 Å². The molecule has 2 atom stereocenters. The minimum atomic E-state index is -0.747. The van der Waals surface area contributed by atoms with Gasteiger partial charge in [0.2, 0.25) is 11.8 Å². The summed E-state index contributed by atoms with van der Waals surface area (Å²) >= 11 is 0. The van der Waals surface area contributed by atoms with Crippen molar-refractivity contribution in [3.63, 3.8) is 0 Å². The van der Waals surface area contributed by atoms with Gasteiger partial charge in [0.15, 0.2) is 0 Å². The molecular weight excluding hydrogens is 254 g/mol. The lowest BCUT2D eigenvalue weighted by molar-refractivity contribution is -0.148. The van der Waals surface area contributed by atoms with Gasteiger partial charge in [-0.15, -0.1) is 0 Å². The fourth-order valence-corrected chi connectivity index (χ4v) is 2.05. The highest BCUT2D eigenvalue weighted by molar-refractivity contribution is 5.96. The highest BCUT2D eigenvalue weighted by atomic mass is 19.1. The van der Waals surface area contributed by atoms with E-state index in [1.54, 1.807) is 0 Å². The average Bonchev–Trinajstić information content (AvgIpc) is 2.35. The Hall–Kier alpha value is -1.98.